The molecule has 0 radical (unpaired) electrons. The van der Waals surface area contributed by atoms with Crippen molar-refractivity contribution in [3.05, 3.63) is 24.3 Å². The number of benzene rings is 1. The lowest BCUT2D eigenvalue weighted by atomic mass is 9.85. The SMILES string of the molecule is COc1ccccc1OCCC(C)(C#N)C(C)=O. The molecule has 0 bridgehead atoms. The Morgan fingerprint density at radius 1 is 1.39 bits per heavy atom. The van der Waals surface area contributed by atoms with Gasteiger partial charge in [-0.2, -0.15) is 5.26 Å². The normalized spacial score (nSPS) is 13.2. The van der Waals surface area contributed by atoms with Crippen molar-refractivity contribution >= 4 is 5.78 Å². The molecule has 18 heavy (non-hydrogen) atoms. The van der Waals surface area contributed by atoms with Crippen LogP contribution in [0.5, 0.6) is 11.5 Å². The average Bonchev–Trinajstić information content (AvgIpc) is 2.38. The lowest BCUT2D eigenvalue weighted by Crippen LogP contribution is -2.25. The van der Waals surface area contributed by atoms with Crippen LogP contribution in [0.3, 0.4) is 0 Å². The molecule has 1 atom stereocenters. The summed E-state index contributed by atoms with van der Waals surface area (Å²) in [4.78, 5) is 11.4. The van der Waals surface area contributed by atoms with Crippen LogP contribution < -0.4 is 9.47 Å². The van der Waals surface area contributed by atoms with E-state index >= 15 is 0 Å². The summed E-state index contributed by atoms with van der Waals surface area (Å²) in [6.45, 7) is 3.34. The Kier molecular flexibility index (Phi) is 4.73. The highest BCUT2D eigenvalue weighted by Crippen LogP contribution is 2.27. The van der Waals surface area contributed by atoms with E-state index < -0.39 is 5.41 Å². The Balaban J connectivity index is 2.62. The van der Waals surface area contributed by atoms with Gasteiger partial charge in [-0.1, -0.05) is 12.1 Å². The topological polar surface area (TPSA) is 59.3 Å². The summed E-state index contributed by atoms with van der Waals surface area (Å²) in [6.07, 6.45) is 0.358. The molecule has 1 aromatic carbocycles. The smallest absolute Gasteiger partial charge is 0.161 e. The second kappa shape index (κ2) is 6.06. The Labute approximate surface area is 107 Å². The monoisotopic (exact) mass is 247 g/mol. The zero-order valence-corrected chi connectivity index (χ0v) is 10.9. The van der Waals surface area contributed by atoms with Crippen LogP contribution in [0.2, 0.25) is 0 Å². The van der Waals surface area contributed by atoms with Crippen molar-refractivity contribution in [1.82, 2.24) is 0 Å². The number of carbonyl (C=O) groups excluding carboxylic acids is 1. The molecule has 0 heterocycles. The van der Waals surface area contributed by atoms with E-state index in [0.29, 0.717) is 24.5 Å². The van der Waals surface area contributed by atoms with E-state index in [0.717, 1.165) is 0 Å². The number of ether oxygens (including phenoxy) is 2. The zero-order chi connectivity index (χ0) is 13.6. The Bertz CT molecular complexity index is 464. The largest absolute Gasteiger partial charge is 0.493 e. The minimum atomic E-state index is -0.984. The average molecular weight is 247 g/mol. The van der Waals surface area contributed by atoms with Crippen molar-refractivity contribution in [2.24, 2.45) is 5.41 Å². The highest BCUT2D eigenvalue weighted by atomic mass is 16.5. The number of hydrogen-bond acceptors (Lipinski definition) is 4. The number of para-hydroxylation sites is 2. The number of nitrogens with zero attached hydrogens (tertiary/aromatic N) is 1. The molecule has 0 aliphatic rings. The van der Waals surface area contributed by atoms with Crippen molar-refractivity contribution in [3.63, 3.8) is 0 Å². The molecular formula is C14H17NO3. The Morgan fingerprint density at radius 2 is 2.00 bits per heavy atom. The molecule has 1 rings (SSSR count). The fourth-order valence-corrected chi connectivity index (χ4v) is 1.41. The van der Waals surface area contributed by atoms with Crippen molar-refractivity contribution in [2.45, 2.75) is 20.3 Å². The van der Waals surface area contributed by atoms with E-state index in [1.54, 1.807) is 26.2 Å². The molecule has 96 valence electrons. The Morgan fingerprint density at radius 3 is 2.50 bits per heavy atom. The maximum Gasteiger partial charge on any atom is 0.161 e. The third-order valence-corrected chi connectivity index (χ3v) is 2.95. The molecule has 0 saturated heterocycles. The van der Waals surface area contributed by atoms with Crippen LogP contribution in [0.15, 0.2) is 24.3 Å². The second-order valence-electron chi connectivity index (χ2n) is 4.25. The first-order valence-corrected chi connectivity index (χ1v) is 5.71. The number of Topliss-reactive ketones (excluding diaryl/α,β-unsaturated/α-hetero) is 1. The first-order valence-electron chi connectivity index (χ1n) is 5.71. The van der Waals surface area contributed by atoms with Gasteiger partial charge < -0.3 is 9.47 Å². The highest BCUT2D eigenvalue weighted by molar-refractivity contribution is 5.84. The van der Waals surface area contributed by atoms with Gasteiger partial charge in [0.1, 0.15) is 11.2 Å². The van der Waals surface area contributed by atoms with Gasteiger partial charge in [0.25, 0.3) is 0 Å². The standard InChI is InChI=1S/C14H17NO3/c1-11(16)14(2,10-15)8-9-18-13-7-5-4-6-12(13)17-3/h4-7H,8-9H2,1-3H3. The molecule has 1 unspecified atom stereocenters. The van der Waals surface area contributed by atoms with Crippen LogP contribution in [-0.2, 0) is 4.79 Å². The Hall–Kier alpha value is -2.02. The van der Waals surface area contributed by atoms with Crippen LogP contribution in [0.1, 0.15) is 20.3 Å². The quantitative estimate of drug-likeness (QED) is 0.775. The number of carbonyl (C=O) groups is 1. The molecule has 0 aliphatic carbocycles. The highest BCUT2D eigenvalue weighted by Gasteiger charge is 2.29. The number of hydrogen-bond donors (Lipinski definition) is 0. The summed E-state index contributed by atoms with van der Waals surface area (Å²) < 4.78 is 10.7. The van der Waals surface area contributed by atoms with Crippen LogP contribution in [0, 0.1) is 16.7 Å². The third-order valence-electron chi connectivity index (χ3n) is 2.95. The zero-order valence-electron chi connectivity index (χ0n) is 10.9. The van der Waals surface area contributed by atoms with Crippen LogP contribution in [0.4, 0.5) is 0 Å². The minimum absolute atomic E-state index is 0.145. The van der Waals surface area contributed by atoms with Gasteiger partial charge in [0.05, 0.1) is 19.8 Å². The van der Waals surface area contributed by atoms with E-state index in [9.17, 15) is 4.79 Å². The summed E-state index contributed by atoms with van der Waals surface area (Å²) in [6, 6.07) is 9.30. The third kappa shape index (κ3) is 3.24. The molecule has 1 aromatic rings. The molecule has 0 aromatic heterocycles. The second-order valence-corrected chi connectivity index (χ2v) is 4.25. The van der Waals surface area contributed by atoms with Crippen LogP contribution in [-0.4, -0.2) is 19.5 Å². The number of nitriles is 1. The minimum Gasteiger partial charge on any atom is -0.493 e. The van der Waals surface area contributed by atoms with E-state index in [1.807, 2.05) is 18.2 Å². The number of ketones is 1. The maximum absolute atomic E-state index is 11.4. The summed E-state index contributed by atoms with van der Waals surface area (Å²) >= 11 is 0. The van der Waals surface area contributed by atoms with E-state index in [1.165, 1.54) is 6.92 Å². The lowest BCUT2D eigenvalue weighted by molar-refractivity contribution is -0.123. The predicted molar refractivity (Wildman–Crippen MR) is 67.5 cm³/mol. The maximum atomic E-state index is 11.4. The van der Waals surface area contributed by atoms with E-state index in [-0.39, 0.29) is 5.78 Å². The summed E-state index contributed by atoms with van der Waals surface area (Å²) in [5.41, 5.74) is -0.984. The van der Waals surface area contributed by atoms with Crippen LogP contribution in [0.25, 0.3) is 0 Å². The first-order chi connectivity index (χ1) is 8.53. The fraction of sp³-hybridized carbons (Fsp3) is 0.429. The van der Waals surface area contributed by atoms with Crippen molar-refractivity contribution < 1.29 is 14.3 Å². The van der Waals surface area contributed by atoms with E-state index in [4.69, 9.17) is 14.7 Å². The van der Waals surface area contributed by atoms with Gasteiger partial charge in [-0.3, -0.25) is 4.79 Å². The van der Waals surface area contributed by atoms with E-state index in [2.05, 4.69) is 0 Å². The van der Waals surface area contributed by atoms with Gasteiger partial charge >= 0.3 is 0 Å². The first kappa shape index (κ1) is 14.0. The van der Waals surface area contributed by atoms with Gasteiger partial charge in [-0.25, -0.2) is 0 Å². The molecule has 0 aliphatic heterocycles. The number of rotatable bonds is 6. The van der Waals surface area contributed by atoms with Crippen molar-refractivity contribution in [2.75, 3.05) is 13.7 Å². The molecule has 0 spiro atoms. The van der Waals surface area contributed by atoms with Crippen molar-refractivity contribution in [3.8, 4) is 17.6 Å². The number of methoxy groups -OCH3 is 1. The predicted octanol–water partition coefficient (Wildman–Crippen LogP) is 2.58. The molecule has 4 nitrogen and oxygen atoms in total. The van der Waals surface area contributed by atoms with Gasteiger partial charge in [0.15, 0.2) is 11.5 Å². The van der Waals surface area contributed by atoms with Crippen molar-refractivity contribution in [1.29, 1.82) is 5.26 Å². The molecular weight excluding hydrogens is 230 g/mol. The van der Waals surface area contributed by atoms with Gasteiger partial charge in [-0.15, -0.1) is 0 Å². The fourth-order valence-electron chi connectivity index (χ4n) is 1.41. The molecule has 0 saturated carbocycles. The summed E-state index contributed by atoms with van der Waals surface area (Å²) in [5.74, 6) is 1.11. The molecule has 0 amide bonds. The lowest BCUT2D eigenvalue weighted by Gasteiger charge is -2.18. The van der Waals surface area contributed by atoms with Gasteiger partial charge in [0.2, 0.25) is 0 Å². The summed E-state index contributed by atoms with van der Waals surface area (Å²) in [7, 11) is 1.57. The molecule has 0 N–H and O–H groups in total. The summed E-state index contributed by atoms with van der Waals surface area (Å²) in [5, 5.41) is 9.00. The molecule has 0 fully saturated rings. The molecule has 4 heteroatoms. The van der Waals surface area contributed by atoms with Crippen LogP contribution >= 0.6 is 0 Å². The van der Waals surface area contributed by atoms with Gasteiger partial charge in [-0.05, 0) is 26.0 Å². The van der Waals surface area contributed by atoms with Gasteiger partial charge in [0, 0.05) is 6.42 Å².